The molecule has 0 spiro atoms. The third kappa shape index (κ3) is 2.46. The monoisotopic (exact) mass is 286 g/mol. The summed E-state index contributed by atoms with van der Waals surface area (Å²) in [5.41, 5.74) is 7.39. The van der Waals surface area contributed by atoms with Crippen LogP contribution in [0.1, 0.15) is 21.5 Å². The van der Waals surface area contributed by atoms with Crippen molar-refractivity contribution in [2.75, 3.05) is 0 Å². The Morgan fingerprint density at radius 3 is 1.45 bits per heavy atom. The van der Waals surface area contributed by atoms with Crippen molar-refractivity contribution in [2.45, 2.75) is 13.8 Å². The average molecular weight is 286 g/mol. The number of hydrogen-bond acceptors (Lipinski definition) is 1. The van der Waals surface area contributed by atoms with Gasteiger partial charge in [-0.15, -0.1) is 0 Å². The van der Waals surface area contributed by atoms with Gasteiger partial charge in [-0.05, 0) is 53.3 Å². The Hall–Kier alpha value is -2.67. The first-order valence-electron chi connectivity index (χ1n) is 7.42. The fraction of sp³-hybridized carbons (Fsp3) is 0.0952. The predicted molar refractivity (Wildman–Crippen MR) is 92.2 cm³/mol. The number of carbonyl (C=O) groups excluding carboxylic acids is 1. The van der Waals surface area contributed by atoms with Crippen LogP contribution in [0.3, 0.4) is 0 Å². The van der Waals surface area contributed by atoms with Crippen molar-refractivity contribution >= 4 is 6.29 Å². The lowest BCUT2D eigenvalue weighted by atomic mass is 9.88. The summed E-state index contributed by atoms with van der Waals surface area (Å²) in [6.45, 7) is 4.04. The van der Waals surface area contributed by atoms with Gasteiger partial charge in [0.25, 0.3) is 0 Å². The van der Waals surface area contributed by atoms with Crippen LogP contribution in [-0.2, 0) is 0 Å². The normalized spacial score (nSPS) is 10.5. The molecule has 3 aromatic carbocycles. The van der Waals surface area contributed by atoms with Crippen molar-refractivity contribution in [1.82, 2.24) is 0 Å². The van der Waals surface area contributed by atoms with Gasteiger partial charge in [0, 0.05) is 5.56 Å². The van der Waals surface area contributed by atoms with Gasteiger partial charge in [0.1, 0.15) is 0 Å². The molecule has 0 saturated carbocycles. The van der Waals surface area contributed by atoms with Gasteiger partial charge < -0.3 is 0 Å². The molecule has 1 nitrogen and oxygen atoms in total. The Morgan fingerprint density at radius 1 is 0.682 bits per heavy atom. The maximum atomic E-state index is 11.6. The van der Waals surface area contributed by atoms with Gasteiger partial charge in [-0.1, -0.05) is 60.7 Å². The second kappa shape index (κ2) is 5.98. The van der Waals surface area contributed by atoms with E-state index in [2.05, 4.69) is 30.3 Å². The number of aldehydes is 1. The number of benzene rings is 3. The molecule has 0 bridgehead atoms. The molecule has 0 aromatic heterocycles. The van der Waals surface area contributed by atoms with E-state index < -0.39 is 0 Å². The van der Waals surface area contributed by atoms with Crippen molar-refractivity contribution in [3.05, 3.63) is 83.4 Å². The Kier molecular flexibility index (Phi) is 3.88. The molecule has 0 amide bonds. The van der Waals surface area contributed by atoms with Gasteiger partial charge in [-0.3, -0.25) is 4.79 Å². The van der Waals surface area contributed by atoms with E-state index in [9.17, 15) is 4.79 Å². The van der Waals surface area contributed by atoms with Gasteiger partial charge in [-0.25, -0.2) is 0 Å². The van der Waals surface area contributed by atoms with Crippen LogP contribution in [0.4, 0.5) is 0 Å². The zero-order valence-electron chi connectivity index (χ0n) is 12.8. The maximum Gasteiger partial charge on any atom is 0.150 e. The Morgan fingerprint density at radius 2 is 1.09 bits per heavy atom. The smallest absolute Gasteiger partial charge is 0.150 e. The van der Waals surface area contributed by atoms with Gasteiger partial charge in [0.15, 0.2) is 6.29 Å². The molecule has 0 radical (unpaired) electrons. The topological polar surface area (TPSA) is 17.1 Å². The maximum absolute atomic E-state index is 11.6. The van der Waals surface area contributed by atoms with E-state index in [1.807, 2.05) is 50.2 Å². The van der Waals surface area contributed by atoms with Crippen LogP contribution < -0.4 is 0 Å². The van der Waals surface area contributed by atoms with Crippen LogP contribution in [0.2, 0.25) is 0 Å². The van der Waals surface area contributed by atoms with Crippen LogP contribution in [0, 0.1) is 13.8 Å². The molecule has 0 fully saturated rings. The summed E-state index contributed by atoms with van der Waals surface area (Å²) < 4.78 is 0. The third-order valence-corrected chi connectivity index (χ3v) is 4.19. The standard InChI is InChI=1S/C21H18O/c1-15-19(17-9-5-3-6-10-17)13-20(16(2)21(15)14-22)18-11-7-4-8-12-18/h3-14H,1-2H3. The van der Waals surface area contributed by atoms with E-state index in [1.54, 1.807) is 0 Å². The molecule has 0 saturated heterocycles. The second-order valence-corrected chi connectivity index (χ2v) is 5.49. The van der Waals surface area contributed by atoms with Crippen LogP contribution >= 0.6 is 0 Å². The van der Waals surface area contributed by atoms with Crippen molar-refractivity contribution in [2.24, 2.45) is 0 Å². The number of carbonyl (C=O) groups is 1. The lowest BCUT2D eigenvalue weighted by Gasteiger charge is -2.16. The molecule has 1 heteroatoms. The zero-order chi connectivity index (χ0) is 15.5. The highest BCUT2D eigenvalue weighted by Crippen LogP contribution is 2.34. The summed E-state index contributed by atoms with van der Waals surface area (Å²) in [7, 11) is 0. The van der Waals surface area contributed by atoms with E-state index in [4.69, 9.17) is 0 Å². The molecule has 22 heavy (non-hydrogen) atoms. The van der Waals surface area contributed by atoms with Crippen molar-refractivity contribution in [1.29, 1.82) is 0 Å². The molecule has 0 heterocycles. The SMILES string of the molecule is Cc1c(-c2ccccc2)cc(-c2ccccc2)c(C)c1C=O. The number of hydrogen-bond donors (Lipinski definition) is 0. The zero-order valence-corrected chi connectivity index (χ0v) is 12.8. The summed E-state index contributed by atoms with van der Waals surface area (Å²) in [6, 6.07) is 22.6. The molecule has 108 valence electrons. The molecule has 0 N–H and O–H groups in total. The molecule has 3 aromatic rings. The summed E-state index contributed by atoms with van der Waals surface area (Å²) in [4.78, 5) is 11.6. The molecular weight excluding hydrogens is 268 g/mol. The minimum absolute atomic E-state index is 0.792. The fourth-order valence-corrected chi connectivity index (χ4v) is 2.94. The first kappa shape index (κ1) is 14.3. The van der Waals surface area contributed by atoms with Crippen LogP contribution in [0.25, 0.3) is 22.3 Å². The van der Waals surface area contributed by atoms with Crippen LogP contribution in [-0.4, -0.2) is 6.29 Å². The van der Waals surface area contributed by atoms with Crippen molar-refractivity contribution in [3.63, 3.8) is 0 Å². The van der Waals surface area contributed by atoms with Crippen molar-refractivity contribution in [3.8, 4) is 22.3 Å². The van der Waals surface area contributed by atoms with Crippen LogP contribution in [0.5, 0.6) is 0 Å². The van der Waals surface area contributed by atoms with E-state index in [0.29, 0.717) is 0 Å². The summed E-state index contributed by atoms with van der Waals surface area (Å²) in [5, 5.41) is 0. The highest BCUT2D eigenvalue weighted by molar-refractivity contribution is 5.90. The first-order chi connectivity index (χ1) is 10.7. The number of rotatable bonds is 3. The Labute approximate surface area is 131 Å². The van der Waals surface area contributed by atoms with Gasteiger partial charge in [0.05, 0.1) is 0 Å². The summed E-state index contributed by atoms with van der Waals surface area (Å²) >= 11 is 0. The molecule has 0 atom stereocenters. The summed E-state index contributed by atoms with van der Waals surface area (Å²) in [6.07, 6.45) is 0.976. The summed E-state index contributed by atoms with van der Waals surface area (Å²) in [5.74, 6) is 0. The third-order valence-electron chi connectivity index (χ3n) is 4.19. The Bertz CT molecular complexity index is 739. The molecular formula is C21H18O. The highest BCUT2D eigenvalue weighted by atomic mass is 16.1. The van der Waals surface area contributed by atoms with E-state index in [0.717, 1.165) is 45.2 Å². The first-order valence-corrected chi connectivity index (χ1v) is 7.42. The quantitative estimate of drug-likeness (QED) is 0.585. The average Bonchev–Trinajstić information content (AvgIpc) is 2.57. The van der Waals surface area contributed by atoms with Crippen molar-refractivity contribution < 1.29 is 4.79 Å². The lowest BCUT2D eigenvalue weighted by Crippen LogP contribution is -1.98. The van der Waals surface area contributed by atoms with E-state index in [1.165, 1.54) is 0 Å². The predicted octanol–water partition coefficient (Wildman–Crippen LogP) is 5.45. The van der Waals surface area contributed by atoms with Crippen LogP contribution in [0.15, 0.2) is 66.7 Å². The largest absolute Gasteiger partial charge is 0.298 e. The molecule has 0 aliphatic rings. The lowest BCUT2D eigenvalue weighted by molar-refractivity contribution is 0.112. The molecule has 0 unspecified atom stereocenters. The molecule has 3 rings (SSSR count). The fourth-order valence-electron chi connectivity index (χ4n) is 2.94. The van der Waals surface area contributed by atoms with E-state index >= 15 is 0 Å². The van der Waals surface area contributed by atoms with E-state index in [-0.39, 0.29) is 0 Å². The second-order valence-electron chi connectivity index (χ2n) is 5.49. The highest BCUT2D eigenvalue weighted by Gasteiger charge is 2.14. The molecule has 0 aliphatic heterocycles. The molecule has 0 aliphatic carbocycles. The minimum atomic E-state index is 0.792. The van der Waals surface area contributed by atoms with Gasteiger partial charge in [-0.2, -0.15) is 0 Å². The van der Waals surface area contributed by atoms with Gasteiger partial charge >= 0.3 is 0 Å². The van der Waals surface area contributed by atoms with Gasteiger partial charge in [0.2, 0.25) is 0 Å². The minimum Gasteiger partial charge on any atom is -0.298 e. The Balaban J connectivity index is 2.31.